The van der Waals surface area contributed by atoms with Gasteiger partial charge in [0, 0.05) is 32.3 Å². The van der Waals surface area contributed by atoms with Gasteiger partial charge in [0.05, 0.1) is 0 Å². The third-order valence-corrected chi connectivity index (χ3v) is 6.14. The van der Waals surface area contributed by atoms with Crippen molar-refractivity contribution in [2.24, 2.45) is 5.92 Å². The van der Waals surface area contributed by atoms with Crippen LogP contribution in [0.1, 0.15) is 50.5 Å². The molecule has 1 aromatic carbocycles. The number of piperidine rings is 2. The molecule has 2 aliphatic rings. The molecule has 2 aliphatic heterocycles. The first-order valence-electron chi connectivity index (χ1n) is 10.7. The zero-order valence-corrected chi connectivity index (χ0v) is 16.5. The smallest absolute Gasteiger partial charge is 0.317 e. The highest BCUT2D eigenvalue weighted by atomic mass is 16.3. The second-order valence-electron chi connectivity index (χ2n) is 8.08. The minimum absolute atomic E-state index is 0.0645. The fraction of sp³-hybridized carbons (Fsp3) is 0.682. The monoisotopic (exact) mass is 373 g/mol. The Morgan fingerprint density at radius 2 is 1.81 bits per heavy atom. The Morgan fingerprint density at radius 3 is 2.56 bits per heavy atom. The van der Waals surface area contributed by atoms with Gasteiger partial charge in [-0.05, 0) is 69.5 Å². The number of carbonyl (C=O) groups is 1. The molecule has 1 aromatic rings. The Bertz CT molecular complexity index is 556. The summed E-state index contributed by atoms with van der Waals surface area (Å²) in [6.45, 7) is 5.11. The number of aliphatic hydroxyl groups is 1. The summed E-state index contributed by atoms with van der Waals surface area (Å²) in [6.07, 6.45) is 7.48. The molecule has 5 heteroatoms. The standard InChI is InChI=1S/C22H35N3O2/c26-17-12-21-8-4-5-14-25(21)22(27)23-13-9-19-10-15-24(16-11-19)18-20-6-2-1-3-7-20/h1-3,6-7,19,21,26H,4-5,8-18H2,(H,23,27). The van der Waals surface area contributed by atoms with E-state index in [0.29, 0.717) is 12.3 Å². The minimum Gasteiger partial charge on any atom is -0.396 e. The van der Waals surface area contributed by atoms with Crippen LogP contribution in [0, 0.1) is 5.92 Å². The molecule has 0 spiro atoms. The Hall–Kier alpha value is -1.59. The molecule has 3 rings (SSSR count). The fourth-order valence-electron chi connectivity index (χ4n) is 4.48. The van der Waals surface area contributed by atoms with Crippen LogP contribution in [-0.2, 0) is 6.54 Å². The number of nitrogens with zero attached hydrogens (tertiary/aromatic N) is 2. The highest BCUT2D eigenvalue weighted by Crippen LogP contribution is 2.22. The lowest BCUT2D eigenvalue weighted by Gasteiger charge is -2.36. The molecule has 5 nitrogen and oxygen atoms in total. The quantitative estimate of drug-likeness (QED) is 0.771. The van der Waals surface area contributed by atoms with E-state index in [2.05, 4.69) is 40.5 Å². The van der Waals surface area contributed by atoms with E-state index in [1.54, 1.807) is 0 Å². The number of rotatable bonds is 7. The van der Waals surface area contributed by atoms with Gasteiger partial charge in [0.2, 0.25) is 0 Å². The predicted octanol–water partition coefficient (Wildman–Crippen LogP) is 3.24. The largest absolute Gasteiger partial charge is 0.396 e. The molecular weight excluding hydrogens is 338 g/mol. The SMILES string of the molecule is O=C(NCCC1CCN(Cc2ccccc2)CC1)N1CCCCC1CCO. The zero-order valence-electron chi connectivity index (χ0n) is 16.5. The summed E-state index contributed by atoms with van der Waals surface area (Å²) in [6, 6.07) is 11.0. The number of likely N-dealkylation sites (tertiary alicyclic amines) is 2. The van der Waals surface area contributed by atoms with Crippen molar-refractivity contribution < 1.29 is 9.90 Å². The number of hydrogen-bond donors (Lipinski definition) is 2. The van der Waals surface area contributed by atoms with Gasteiger partial charge >= 0.3 is 6.03 Å². The van der Waals surface area contributed by atoms with Crippen molar-refractivity contribution in [1.82, 2.24) is 15.1 Å². The van der Waals surface area contributed by atoms with Gasteiger partial charge in [0.1, 0.15) is 0 Å². The zero-order chi connectivity index (χ0) is 18.9. The van der Waals surface area contributed by atoms with Crippen LogP contribution < -0.4 is 5.32 Å². The van der Waals surface area contributed by atoms with Gasteiger partial charge in [0.25, 0.3) is 0 Å². The number of urea groups is 1. The molecule has 2 fully saturated rings. The van der Waals surface area contributed by atoms with E-state index in [1.807, 2.05) is 4.90 Å². The van der Waals surface area contributed by atoms with E-state index in [0.717, 1.165) is 58.4 Å². The number of hydrogen-bond acceptors (Lipinski definition) is 3. The number of benzene rings is 1. The summed E-state index contributed by atoms with van der Waals surface area (Å²) in [5, 5.41) is 12.3. The van der Waals surface area contributed by atoms with E-state index < -0.39 is 0 Å². The van der Waals surface area contributed by atoms with Crippen LogP contribution >= 0.6 is 0 Å². The second kappa shape index (κ2) is 10.7. The first kappa shape index (κ1) is 20.2. The molecule has 2 saturated heterocycles. The first-order valence-corrected chi connectivity index (χ1v) is 10.7. The van der Waals surface area contributed by atoms with Gasteiger partial charge in [-0.3, -0.25) is 4.90 Å². The minimum atomic E-state index is 0.0645. The Kier molecular flexibility index (Phi) is 7.96. The lowest BCUT2D eigenvalue weighted by Crippen LogP contribution is -2.49. The molecule has 150 valence electrons. The van der Waals surface area contributed by atoms with Crippen molar-refractivity contribution in [2.75, 3.05) is 32.8 Å². The van der Waals surface area contributed by atoms with Crippen LogP contribution in [0.15, 0.2) is 30.3 Å². The lowest BCUT2D eigenvalue weighted by atomic mass is 9.93. The van der Waals surface area contributed by atoms with Crippen molar-refractivity contribution >= 4 is 6.03 Å². The summed E-state index contributed by atoms with van der Waals surface area (Å²) in [5.41, 5.74) is 1.39. The molecule has 1 unspecified atom stereocenters. The Balaban J connectivity index is 1.33. The van der Waals surface area contributed by atoms with E-state index in [1.165, 1.54) is 18.4 Å². The van der Waals surface area contributed by atoms with E-state index >= 15 is 0 Å². The van der Waals surface area contributed by atoms with Crippen LogP contribution in [0.4, 0.5) is 4.79 Å². The van der Waals surface area contributed by atoms with E-state index in [-0.39, 0.29) is 18.7 Å². The predicted molar refractivity (Wildman–Crippen MR) is 109 cm³/mol. The Labute approximate surface area is 163 Å². The molecule has 0 aliphatic carbocycles. The van der Waals surface area contributed by atoms with E-state index in [9.17, 15) is 9.90 Å². The molecule has 0 saturated carbocycles. The van der Waals surface area contributed by atoms with Crippen molar-refractivity contribution in [3.05, 3.63) is 35.9 Å². The van der Waals surface area contributed by atoms with Gasteiger partial charge in [-0.15, -0.1) is 0 Å². The number of nitrogens with one attached hydrogen (secondary N) is 1. The maximum absolute atomic E-state index is 12.5. The molecule has 0 aromatic heterocycles. The third kappa shape index (κ3) is 6.22. The molecule has 0 radical (unpaired) electrons. The summed E-state index contributed by atoms with van der Waals surface area (Å²) in [4.78, 5) is 17.0. The molecule has 2 heterocycles. The average molecular weight is 374 g/mol. The molecule has 2 amide bonds. The van der Waals surface area contributed by atoms with Crippen molar-refractivity contribution in [2.45, 2.75) is 57.5 Å². The maximum atomic E-state index is 12.5. The number of aliphatic hydroxyl groups excluding tert-OH is 1. The lowest BCUT2D eigenvalue weighted by molar-refractivity contribution is 0.130. The number of amides is 2. The van der Waals surface area contributed by atoms with Gasteiger partial charge in [-0.25, -0.2) is 4.79 Å². The van der Waals surface area contributed by atoms with Crippen molar-refractivity contribution in [1.29, 1.82) is 0 Å². The normalized spacial score (nSPS) is 22.0. The highest BCUT2D eigenvalue weighted by molar-refractivity contribution is 5.74. The maximum Gasteiger partial charge on any atom is 0.317 e. The van der Waals surface area contributed by atoms with Gasteiger partial charge in [-0.1, -0.05) is 30.3 Å². The third-order valence-electron chi connectivity index (χ3n) is 6.14. The highest BCUT2D eigenvalue weighted by Gasteiger charge is 2.26. The van der Waals surface area contributed by atoms with Crippen LogP contribution in [0.3, 0.4) is 0 Å². The summed E-state index contributed by atoms with van der Waals surface area (Å²) in [5.74, 6) is 0.715. The topological polar surface area (TPSA) is 55.8 Å². The van der Waals surface area contributed by atoms with Crippen LogP contribution in [0.25, 0.3) is 0 Å². The van der Waals surface area contributed by atoms with Crippen LogP contribution in [-0.4, -0.2) is 59.8 Å². The fourth-order valence-corrected chi connectivity index (χ4v) is 4.48. The second-order valence-corrected chi connectivity index (χ2v) is 8.08. The van der Waals surface area contributed by atoms with Crippen molar-refractivity contribution in [3.63, 3.8) is 0 Å². The summed E-state index contributed by atoms with van der Waals surface area (Å²) >= 11 is 0. The molecular formula is C22H35N3O2. The van der Waals surface area contributed by atoms with Gasteiger partial charge < -0.3 is 15.3 Å². The Morgan fingerprint density at radius 1 is 1.04 bits per heavy atom. The molecule has 27 heavy (non-hydrogen) atoms. The van der Waals surface area contributed by atoms with Crippen LogP contribution in [0.5, 0.6) is 0 Å². The van der Waals surface area contributed by atoms with Gasteiger partial charge in [0.15, 0.2) is 0 Å². The number of carbonyl (C=O) groups excluding carboxylic acids is 1. The van der Waals surface area contributed by atoms with E-state index in [4.69, 9.17) is 0 Å². The molecule has 0 bridgehead atoms. The van der Waals surface area contributed by atoms with Gasteiger partial charge in [-0.2, -0.15) is 0 Å². The summed E-state index contributed by atoms with van der Waals surface area (Å²) in [7, 11) is 0. The molecule has 2 N–H and O–H groups in total. The first-order chi connectivity index (χ1) is 13.3. The average Bonchev–Trinajstić information content (AvgIpc) is 2.71. The van der Waals surface area contributed by atoms with Crippen LogP contribution in [0.2, 0.25) is 0 Å². The summed E-state index contributed by atoms with van der Waals surface area (Å²) < 4.78 is 0. The molecule has 1 atom stereocenters. The van der Waals surface area contributed by atoms with Crippen molar-refractivity contribution in [3.8, 4) is 0 Å².